The normalized spacial score (nSPS) is 13.3. The van der Waals surface area contributed by atoms with Crippen molar-refractivity contribution in [3.05, 3.63) is 65.2 Å². The van der Waals surface area contributed by atoms with Gasteiger partial charge in [-0.25, -0.2) is 13.2 Å². The van der Waals surface area contributed by atoms with Gasteiger partial charge in [0.15, 0.2) is 9.84 Å². The summed E-state index contributed by atoms with van der Waals surface area (Å²) in [6.07, 6.45) is -10.9. The minimum atomic E-state index is -5.18. The van der Waals surface area contributed by atoms with Crippen molar-refractivity contribution in [2.45, 2.75) is 29.7 Å². The number of sulfone groups is 1. The molecule has 0 unspecified atom stereocenters. The van der Waals surface area contributed by atoms with E-state index in [0.29, 0.717) is 0 Å². The molecule has 13 heteroatoms. The lowest BCUT2D eigenvalue weighted by atomic mass is 10.0. The second-order valence-electron chi connectivity index (χ2n) is 6.76. The van der Waals surface area contributed by atoms with E-state index in [1.165, 1.54) is 24.3 Å². The highest BCUT2D eigenvalue weighted by Crippen LogP contribution is 2.36. The highest BCUT2D eigenvalue weighted by Gasteiger charge is 2.38. The van der Waals surface area contributed by atoms with Crippen LogP contribution in [0.5, 0.6) is 0 Å². The van der Waals surface area contributed by atoms with Crippen molar-refractivity contribution in [1.29, 1.82) is 0 Å². The van der Waals surface area contributed by atoms with Gasteiger partial charge >= 0.3 is 18.3 Å². The predicted octanol–water partition coefficient (Wildman–Crippen LogP) is 3.86. The van der Waals surface area contributed by atoms with E-state index in [-0.39, 0.29) is 23.1 Å². The molecule has 1 N–H and O–H groups in total. The second-order valence-corrected chi connectivity index (χ2v) is 8.87. The lowest BCUT2D eigenvalue weighted by Crippen LogP contribution is -2.42. The fourth-order valence-corrected chi connectivity index (χ4v) is 4.09. The Morgan fingerprint density at radius 2 is 1.45 bits per heavy atom. The second kappa shape index (κ2) is 9.81. The number of amides is 1. The maximum absolute atomic E-state index is 13.0. The first kappa shape index (κ1) is 26.2. The molecule has 0 saturated carbocycles. The Labute approximate surface area is 184 Å². The zero-order chi connectivity index (χ0) is 25.0. The van der Waals surface area contributed by atoms with E-state index < -0.39 is 69.0 Å². The molecule has 2 aromatic rings. The molecule has 0 radical (unpaired) electrons. The molecule has 2 aromatic carbocycles. The van der Waals surface area contributed by atoms with Gasteiger partial charge in [-0.3, -0.25) is 4.79 Å². The number of carbonyl (C=O) groups excluding carboxylic acids is 2. The molecule has 0 fully saturated rings. The average Bonchev–Trinajstić information content (AvgIpc) is 2.75. The number of halogens is 6. The van der Waals surface area contributed by atoms with Gasteiger partial charge in [0.25, 0.3) is 5.91 Å². The number of carbonyl (C=O) groups is 2. The molecule has 0 spiro atoms. The van der Waals surface area contributed by atoms with E-state index in [9.17, 15) is 44.3 Å². The lowest BCUT2D eigenvalue weighted by molar-refractivity contribution is -0.144. The summed E-state index contributed by atoms with van der Waals surface area (Å²) in [7, 11) is -2.99. The van der Waals surface area contributed by atoms with Crippen LogP contribution in [-0.2, 0) is 31.7 Å². The van der Waals surface area contributed by atoms with E-state index in [0.717, 1.165) is 7.11 Å². The van der Waals surface area contributed by atoms with Crippen molar-refractivity contribution >= 4 is 21.7 Å². The first-order valence-corrected chi connectivity index (χ1v) is 10.8. The van der Waals surface area contributed by atoms with Gasteiger partial charge in [0.2, 0.25) is 0 Å². The molecule has 0 heterocycles. The molecule has 0 aliphatic carbocycles. The van der Waals surface area contributed by atoms with Gasteiger partial charge in [-0.2, -0.15) is 26.3 Å². The molecule has 33 heavy (non-hydrogen) atoms. The van der Waals surface area contributed by atoms with E-state index in [1.54, 1.807) is 6.07 Å². The molecule has 0 aliphatic heterocycles. The van der Waals surface area contributed by atoms with Crippen LogP contribution in [0.25, 0.3) is 0 Å². The fourth-order valence-electron chi connectivity index (χ4n) is 2.74. The number of esters is 1. The van der Waals surface area contributed by atoms with Gasteiger partial charge in [0.1, 0.15) is 6.04 Å². The van der Waals surface area contributed by atoms with E-state index in [4.69, 9.17) is 0 Å². The molecule has 2 rings (SSSR count). The Morgan fingerprint density at radius 1 is 0.939 bits per heavy atom. The Bertz CT molecular complexity index is 1080. The highest BCUT2D eigenvalue weighted by molar-refractivity contribution is 7.91. The predicted molar refractivity (Wildman–Crippen MR) is 103 cm³/mol. The van der Waals surface area contributed by atoms with Crippen LogP contribution in [0.15, 0.2) is 53.4 Å². The summed E-state index contributed by atoms with van der Waals surface area (Å²) >= 11 is 0. The van der Waals surface area contributed by atoms with Crippen molar-refractivity contribution < 1.29 is 49.1 Å². The maximum atomic E-state index is 13.0. The third-order valence-corrected chi connectivity index (χ3v) is 6.18. The lowest BCUT2D eigenvalue weighted by Gasteiger charge is -2.18. The van der Waals surface area contributed by atoms with Crippen LogP contribution in [0.3, 0.4) is 0 Å². The molecular formula is C20H17F6NO5S. The quantitative estimate of drug-likeness (QED) is 0.464. The molecule has 1 atom stereocenters. The zero-order valence-electron chi connectivity index (χ0n) is 16.8. The Morgan fingerprint density at radius 3 is 1.91 bits per heavy atom. The third-order valence-electron chi connectivity index (χ3n) is 4.42. The summed E-state index contributed by atoms with van der Waals surface area (Å²) in [4.78, 5) is 24.3. The van der Waals surface area contributed by atoms with Crippen molar-refractivity contribution in [2.24, 2.45) is 0 Å². The Hall–Kier alpha value is -3.09. The highest BCUT2D eigenvalue weighted by atomic mass is 32.2. The maximum Gasteiger partial charge on any atom is 0.416 e. The van der Waals surface area contributed by atoms with Crippen LogP contribution in [0.1, 0.15) is 27.9 Å². The summed E-state index contributed by atoms with van der Waals surface area (Å²) in [5, 5.41) is 1.95. The Kier molecular flexibility index (Phi) is 7.78. The third kappa shape index (κ3) is 6.94. The number of benzene rings is 2. The van der Waals surface area contributed by atoms with Crippen molar-refractivity contribution in [1.82, 2.24) is 5.32 Å². The minimum absolute atomic E-state index is 0.0763. The van der Waals surface area contributed by atoms with Crippen molar-refractivity contribution in [3.63, 3.8) is 0 Å². The van der Waals surface area contributed by atoms with Crippen LogP contribution in [0.4, 0.5) is 26.3 Å². The minimum Gasteiger partial charge on any atom is -0.467 e. The number of rotatable bonds is 7. The summed E-state index contributed by atoms with van der Waals surface area (Å²) in [5.74, 6) is -3.23. The topological polar surface area (TPSA) is 89.5 Å². The molecule has 0 bridgehead atoms. The monoisotopic (exact) mass is 497 g/mol. The summed E-state index contributed by atoms with van der Waals surface area (Å²) < 4.78 is 107. The zero-order valence-corrected chi connectivity index (χ0v) is 17.6. The molecular weight excluding hydrogens is 480 g/mol. The molecule has 0 saturated heterocycles. The number of alkyl halides is 6. The molecule has 180 valence electrons. The first-order valence-electron chi connectivity index (χ1n) is 9.11. The summed E-state index contributed by atoms with van der Waals surface area (Å²) in [5.41, 5.74) is -4.45. The molecule has 6 nitrogen and oxygen atoms in total. The largest absolute Gasteiger partial charge is 0.467 e. The van der Waals surface area contributed by atoms with Gasteiger partial charge in [-0.15, -0.1) is 0 Å². The van der Waals surface area contributed by atoms with Crippen molar-refractivity contribution in [3.8, 4) is 0 Å². The number of hydrogen-bond donors (Lipinski definition) is 1. The van der Waals surface area contributed by atoms with Gasteiger partial charge in [0.05, 0.1) is 28.9 Å². The first-order chi connectivity index (χ1) is 15.1. The van der Waals surface area contributed by atoms with Gasteiger partial charge < -0.3 is 10.1 Å². The SMILES string of the molecule is COC(=O)[C@@H](CCS(=O)(=O)c1ccccc1)NC(=O)c1cc(C(F)(F)F)cc(C(F)(F)F)c1. The van der Waals surface area contributed by atoms with Gasteiger partial charge in [-0.1, -0.05) is 18.2 Å². The van der Waals surface area contributed by atoms with E-state index in [1.807, 2.05) is 5.32 Å². The number of hydrogen-bond acceptors (Lipinski definition) is 5. The molecule has 1 amide bonds. The number of nitrogens with one attached hydrogen (secondary N) is 1. The van der Waals surface area contributed by atoms with E-state index >= 15 is 0 Å². The summed E-state index contributed by atoms with van der Waals surface area (Å²) in [6.45, 7) is 0. The van der Waals surface area contributed by atoms with Crippen LogP contribution in [-0.4, -0.2) is 39.2 Å². The van der Waals surface area contributed by atoms with Crippen LogP contribution >= 0.6 is 0 Å². The average molecular weight is 497 g/mol. The molecule has 0 aromatic heterocycles. The number of ether oxygens (including phenoxy) is 1. The smallest absolute Gasteiger partial charge is 0.416 e. The Balaban J connectivity index is 2.31. The van der Waals surface area contributed by atoms with E-state index in [2.05, 4.69) is 4.74 Å². The van der Waals surface area contributed by atoms with Gasteiger partial charge in [0, 0.05) is 5.56 Å². The van der Waals surface area contributed by atoms with Crippen LogP contribution in [0.2, 0.25) is 0 Å². The number of methoxy groups -OCH3 is 1. The molecule has 0 aliphatic rings. The van der Waals surface area contributed by atoms with Crippen molar-refractivity contribution in [2.75, 3.05) is 12.9 Å². The van der Waals surface area contributed by atoms with Crippen LogP contribution in [0, 0.1) is 0 Å². The summed E-state index contributed by atoms with van der Waals surface area (Å²) in [6, 6.07) is 5.66. The van der Waals surface area contributed by atoms with Gasteiger partial charge in [-0.05, 0) is 36.8 Å². The van der Waals surface area contributed by atoms with Crippen LogP contribution < -0.4 is 5.32 Å². The fraction of sp³-hybridized carbons (Fsp3) is 0.300. The standard InChI is InChI=1S/C20H17F6NO5S/c1-32-18(29)16(7-8-33(30,31)15-5-3-2-4-6-15)27-17(28)12-9-13(19(21,22)23)11-14(10-12)20(24,25)26/h2-6,9-11,16H,7-8H2,1H3,(H,27,28)/t16-/m1/s1.